The van der Waals surface area contributed by atoms with Crippen molar-refractivity contribution in [3.63, 3.8) is 0 Å². The average molecular weight is 312 g/mol. The van der Waals surface area contributed by atoms with E-state index < -0.39 is 16.0 Å². The summed E-state index contributed by atoms with van der Waals surface area (Å²) < 4.78 is 29.0. The number of carbonyl (C=O) groups is 1. The van der Waals surface area contributed by atoms with E-state index in [1.165, 1.54) is 36.4 Å². The molecular weight excluding hydrogens is 302 g/mol. The number of amides is 1. The Morgan fingerprint density at radius 2 is 1.75 bits per heavy atom. The van der Waals surface area contributed by atoms with Crippen molar-refractivity contribution in [1.82, 2.24) is 0 Å². The number of halogens is 1. The van der Waals surface area contributed by atoms with E-state index in [0.717, 1.165) is 0 Å². The number of nitrogens with two attached hydrogens (primary N) is 1. The van der Waals surface area contributed by atoms with E-state index in [1.54, 1.807) is 12.1 Å². The van der Waals surface area contributed by atoms with Gasteiger partial charge in [-0.25, -0.2) is 0 Å². The summed E-state index contributed by atoms with van der Waals surface area (Å²) in [6, 6.07) is 11.2. The Balaban J connectivity index is 2.28. The summed E-state index contributed by atoms with van der Waals surface area (Å²) in [4.78, 5) is 10.8. The van der Waals surface area contributed by atoms with Gasteiger partial charge in [0.15, 0.2) is 0 Å². The van der Waals surface area contributed by atoms with Crippen molar-refractivity contribution in [3.05, 3.63) is 59.1 Å². The van der Waals surface area contributed by atoms with Crippen molar-refractivity contribution in [1.29, 1.82) is 0 Å². The fraction of sp³-hybridized carbons (Fsp3) is 0. The first kappa shape index (κ1) is 14.4. The second-order valence-electron chi connectivity index (χ2n) is 3.88. The zero-order chi connectivity index (χ0) is 14.8. The van der Waals surface area contributed by atoms with Gasteiger partial charge in [0.1, 0.15) is 10.6 Å². The first-order chi connectivity index (χ1) is 9.38. The highest BCUT2D eigenvalue weighted by Gasteiger charge is 2.17. The molecule has 7 heteroatoms. The first-order valence-electron chi connectivity index (χ1n) is 5.48. The number of benzene rings is 2. The molecule has 0 atom stereocenters. The minimum atomic E-state index is -3.98. The molecular formula is C13H10ClNO4S. The fourth-order valence-electron chi connectivity index (χ4n) is 1.48. The Bertz CT molecular complexity index is 741. The monoisotopic (exact) mass is 311 g/mol. The Hall–Kier alpha value is -2.05. The Labute approximate surface area is 121 Å². The quantitative estimate of drug-likeness (QED) is 0.877. The Morgan fingerprint density at radius 3 is 2.30 bits per heavy atom. The van der Waals surface area contributed by atoms with E-state index in [4.69, 9.17) is 21.5 Å². The van der Waals surface area contributed by atoms with E-state index in [0.29, 0.717) is 5.02 Å². The summed E-state index contributed by atoms with van der Waals surface area (Å²) in [6.45, 7) is 0. The van der Waals surface area contributed by atoms with Crippen molar-refractivity contribution < 1.29 is 17.4 Å². The zero-order valence-electron chi connectivity index (χ0n) is 10.1. The highest BCUT2D eigenvalue weighted by molar-refractivity contribution is 7.87. The summed E-state index contributed by atoms with van der Waals surface area (Å²) in [5, 5.41) is 0.363. The largest absolute Gasteiger partial charge is 0.379 e. The molecule has 0 spiro atoms. The molecule has 0 saturated carbocycles. The van der Waals surface area contributed by atoms with Crippen LogP contribution in [0.5, 0.6) is 5.75 Å². The SMILES string of the molecule is NC(=O)c1ccc(S(=O)(=O)Oc2cccc(Cl)c2)cc1. The third kappa shape index (κ3) is 3.28. The molecule has 0 heterocycles. The normalized spacial score (nSPS) is 11.1. The summed E-state index contributed by atoms with van der Waals surface area (Å²) in [7, 11) is -3.98. The van der Waals surface area contributed by atoms with Gasteiger partial charge in [0.05, 0.1) is 0 Å². The van der Waals surface area contributed by atoms with Crippen molar-refractivity contribution in [2.75, 3.05) is 0 Å². The lowest BCUT2D eigenvalue weighted by Gasteiger charge is -2.07. The van der Waals surface area contributed by atoms with Crippen LogP contribution in [0.15, 0.2) is 53.4 Å². The van der Waals surface area contributed by atoms with Crippen molar-refractivity contribution in [2.24, 2.45) is 5.73 Å². The van der Waals surface area contributed by atoms with Gasteiger partial charge in [-0.3, -0.25) is 4.79 Å². The molecule has 0 radical (unpaired) electrons. The van der Waals surface area contributed by atoms with Crippen molar-refractivity contribution in [3.8, 4) is 5.75 Å². The van der Waals surface area contributed by atoms with Crippen molar-refractivity contribution >= 4 is 27.6 Å². The lowest BCUT2D eigenvalue weighted by molar-refractivity contribution is 0.1000. The van der Waals surface area contributed by atoms with Crippen LogP contribution in [0.25, 0.3) is 0 Å². The smallest absolute Gasteiger partial charge is 0.339 e. The Morgan fingerprint density at radius 1 is 1.10 bits per heavy atom. The summed E-state index contributed by atoms with van der Waals surface area (Å²) in [5.41, 5.74) is 5.29. The standard InChI is InChI=1S/C13H10ClNO4S/c14-10-2-1-3-11(8-10)19-20(17,18)12-6-4-9(5-7-12)13(15)16/h1-8H,(H2,15,16). The molecule has 2 N–H and O–H groups in total. The summed E-state index contributed by atoms with van der Waals surface area (Å²) in [5.74, 6) is -0.527. The predicted molar refractivity (Wildman–Crippen MR) is 74.2 cm³/mol. The third-order valence-electron chi connectivity index (χ3n) is 2.43. The maximum absolute atomic E-state index is 12.0. The lowest BCUT2D eigenvalue weighted by Crippen LogP contribution is -2.13. The topological polar surface area (TPSA) is 86.5 Å². The summed E-state index contributed by atoms with van der Waals surface area (Å²) in [6.07, 6.45) is 0. The molecule has 20 heavy (non-hydrogen) atoms. The van der Waals surface area contributed by atoms with Crippen LogP contribution in [0.2, 0.25) is 5.02 Å². The molecule has 5 nitrogen and oxygen atoms in total. The first-order valence-corrected chi connectivity index (χ1v) is 7.27. The number of rotatable bonds is 4. The highest BCUT2D eigenvalue weighted by atomic mass is 35.5. The average Bonchev–Trinajstić information content (AvgIpc) is 2.38. The minimum absolute atomic E-state index is 0.0810. The molecule has 1 amide bonds. The summed E-state index contributed by atoms with van der Waals surface area (Å²) >= 11 is 5.75. The maximum atomic E-state index is 12.0. The van der Waals surface area contributed by atoms with E-state index >= 15 is 0 Å². The second-order valence-corrected chi connectivity index (χ2v) is 5.87. The molecule has 0 unspecified atom stereocenters. The predicted octanol–water partition coefficient (Wildman–Crippen LogP) is 2.21. The van der Waals surface area contributed by atoms with Crippen molar-refractivity contribution in [2.45, 2.75) is 4.90 Å². The van der Waals surface area contributed by atoms with Gasteiger partial charge in [-0.1, -0.05) is 17.7 Å². The van der Waals surface area contributed by atoms with Crippen LogP contribution in [0.3, 0.4) is 0 Å². The van der Waals surface area contributed by atoms with E-state index in [-0.39, 0.29) is 16.2 Å². The zero-order valence-corrected chi connectivity index (χ0v) is 11.7. The molecule has 2 aromatic carbocycles. The van der Waals surface area contributed by atoms with E-state index in [1.807, 2.05) is 0 Å². The molecule has 2 rings (SSSR count). The van der Waals surface area contributed by atoms with Crippen LogP contribution >= 0.6 is 11.6 Å². The fourth-order valence-corrected chi connectivity index (χ4v) is 2.58. The van der Waals surface area contributed by atoms with Gasteiger partial charge >= 0.3 is 10.1 Å². The van der Waals surface area contributed by atoms with E-state index in [2.05, 4.69) is 0 Å². The Kier molecular flexibility index (Phi) is 3.96. The second kappa shape index (κ2) is 5.52. The van der Waals surface area contributed by atoms with Gasteiger partial charge in [0.2, 0.25) is 5.91 Å². The number of hydrogen-bond acceptors (Lipinski definition) is 4. The molecule has 104 valence electrons. The van der Waals surface area contributed by atoms with Gasteiger partial charge in [-0.15, -0.1) is 0 Å². The number of primary amides is 1. The molecule has 0 aromatic heterocycles. The molecule has 0 aliphatic carbocycles. The molecule has 0 bridgehead atoms. The van der Waals surface area contributed by atoms with Crippen LogP contribution in [0.1, 0.15) is 10.4 Å². The third-order valence-corrected chi connectivity index (χ3v) is 3.93. The van der Waals surface area contributed by atoms with Crippen LogP contribution in [-0.2, 0) is 10.1 Å². The van der Waals surface area contributed by atoms with Gasteiger partial charge in [0.25, 0.3) is 0 Å². The van der Waals surface area contributed by atoms with Gasteiger partial charge < -0.3 is 9.92 Å². The van der Waals surface area contributed by atoms with Crippen LogP contribution < -0.4 is 9.92 Å². The number of hydrogen-bond donors (Lipinski definition) is 1. The van der Waals surface area contributed by atoms with Gasteiger partial charge in [-0.05, 0) is 36.4 Å². The highest BCUT2D eigenvalue weighted by Crippen LogP contribution is 2.22. The van der Waals surface area contributed by atoms with Crippen LogP contribution in [0, 0.1) is 0 Å². The molecule has 0 saturated heterocycles. The molecule has 0 aliphatic rings. The minimum Gasteiger partial charge on any atom is -0.379 e. The lowest BCUT2D eigenvalue weighted by atomic mass is 10.2. The van der Waals surface area contributed by atoms with E-state index in [9.17, 15) is 13.2 Å². The van der Waals surface area contributed by atoms with Crippen LogP contribution in [0.4, 0.5) is 0 Å². The maximum Gasteiger partial charge on any atom is 0.339 e. The van der Waals surface area contributed by atoms with Gasteiger partial charge in [-0.2, -0.15) is 8.42 Å². The molecule has 2 aromatic rings. The molecule has 0 fully saturated rings. The van der Waals surface area contributed by atoms with Gasteiger partial charge in [0, 0.05) is 16.7 Å². The van der Waals surface area contributed by atoms with Crippen LogP contribution in [-0.4, -0.2) is 14.3 Å². The number of carbonyl (C=O) groups excluding carboxylic acids is 1. The molecule has 0 aliphatic heterocycles.